The maximum Gasteiger partial charge on any atom is 0.246 e. The van der Waals surface area contributed by atoms with Gasteiger partial charge in [-0.15, -0.1) is 0 Å². The van der Waals surface area contributed by atoms with Gasteiger partial charge in [-0.1, -0.05) is 29.8 Å². The molecule has 17 heavy (non-hydrogen) atoms. The number of likely N-dealkylation sites (tertiary alicyclic amines) is 1. The lowest BCUT2D eigenvalue weighted by molar-refractivity contribution is -0.125. The number of aliphatic hydroxyl groups is 1. The van der Waals surface area contributed by atoms with E-state index < -0.39 is 0 Å². The molecule has 0 unspecified atom stereocenters. The van der Waals surface area contributed by atoms with Gasteiger partial charge in [0.2, 0.25) is 5.91 Å². The van der Waals surface area contributed by atoms with Crippen molar-refractivity contribution < 1.29 is 9.90 Å². The molecule has 0 radical (unpaired) electrons. The zero-order chi connectivity index (χ0) is 12.3. The van der Waals surface area contributed by atoms with Crippen LogP contribution in [0.25, 0.3) is 6.08 Å². The largest absolute Gasteiger partial charge is 0.391 e. The first kappa shape index (κ1) is 11.9. The molecule has 0 saturated carbocycles. The fraction of sp³-hybridized carbons (Fsp3) is 0.357. The summed E-state index contributed by atoms with van der Waals surface area (Å²) in [6.45, 7) is 3.13. The number of carbonyl (C=O) groups excluding carboxylic acids is 1. The third-order valence-corrected chi connectivity index (χ3v) is 2.94. The predicted molar refractivity (Wildman–Crippen MR) is 67.4 cm³/mol. The average Bonchev–Trinajstić information content (AvgIpc) is 2.73. The molecule has 1 amide bonds. The van der Waals surface area contributed by atoms with E-state index in [1.807, 2.05) is 37.3 Å². The summed E-state index contributed by atoms with van der Waals surface area (Å²) in [5, 5.41) is 9.35. The number of hydrogen-bond donors (Lipinski definition) is 1. The zero-order valence-electron chi connectivity index (χ0n) is 9.97. The van der Waals surface area contributed by atoms with Crippen LogP contribution in [0.2, 0.25) is 0 Å². The molecule has 3 heteroatoms. The Morgan fingerprint density at radius 2 is 2.35 bits per heavy atom. The molecule has 0 aromatic heterocycles. The molecule has 1 aliphatic heterocycles. The van der Waals surface area contributed by atoms with Crippen molar-refractivity contribution in [2.24, 2.45) is 0 Å². The van der Waals surface area contributed by atoms with Crippen molar-refractivity contribution in [3.63, 3.8) is 0 Å². The maximum atomic E-state index is 11.8. The number of carbonyl (C=O) groups is 1. The second-order valence-corrected chi connectivity index (χ2v) is 4.47. The summed E-state index contributed by atoms with van der Waals surface area (Å²) in [4.78, 5) is 13.5. The zero-order valence-corrected chi connectivity index (χ0v) is 9.97. The van der Waals surface area contributed by atoms with Gasteiger partial charge < -0.3 is 10.0 Å². The Bertz CT molecular complexity index is 440. The highest BCUT2D eigenvalue weighted by Gasteiger charge is 2.22. The number of rotatable bonds is 2. The summed E-state index contributed by atoms with van der Waals surface area (Å²) in [5.74, 6) is -0.0249. The van der Waals surface area contributed by atoms with Crippen LogP contribution in [0.3, 0.4) is 0 Å². The lowest BCUT2D eigenvalue weighted by Gasteiger charge is -2.12. The van der Waals surface area contributed by atoms with Crippen molar-refractivity contribution in [2.45, 2.75) is 19.4 Å². The molecule has 90 valence electrons. The minimum absolute atomic E-state index is 0.0249. The van der Waals surface area contributed by atoms with Gasteiger partial charge in [0.1, 0.15) is 0 Å². The van der Waals surface area contributed by atoms with Crippen molar-refractivity contribution in [3.8, 4) is 0 Å². The van der Waals surface area contributed by atoms with Crippen molar-refractivity contribution in [2.75, 3.05) is 13.1 Å². The monoisotopic (exact) mass is 231 g/mol. The van der Waals surface area contributed by atoms with Gasteiger partial charge in [-0.25, -0.2) is 0 Å². The lowest BCUT2D eigenvalue weighted by Crippen LogP contribution is -2.27. The average molecular weight is 231 g/mol. The fourth-order valence-corrected chi connectivity index (χ4v) is 1.99. The summed E-state index contributed by atoms with van der Waals surface area (Å²) >= 11 is 0. The summed E-state index contributed by atoms with van der Waals surface area (Å²) in [6.07, 6.45) is 3.72. The van der Waals surface area contributed by atoms with E-state index in [0.717, 1.165) is 5.56 Å². The van der Waals surface area contributed by atoms with Gasteiger partial charge in [-0.2, -0.15) is 0 Å². The van der Waals surface area contributed by atoms with E-state index in [9.17, 15) is 9.90 Å². The fourth-order valence-electron chi connectivity index (χ4n) is 1.99. The van der Waals surface area contributed by atoms with Gasteiger partial charge in [0, 0.05) is 19.2 Å². The van der Waals surface area contributed by atoms with E-state index >= 15 is 0 Å². The Morgan fingerprint density at radius 1 is 1.53 bits per heavy atom. The molecule has 3 nitrogen and oxygen atoms in total. The predicted octanol–water partition coefficient (Wildman–Crippen LogP) is 1.60. The van der Waals surface area contributed by atoms with Crippen LogP contribution in [0.5, 0.6) is 0 Å². The summed E-state index contributed by atoms with van der Waals surface area (Å²) in [6, 6.07) is 7.99. The summed E-state index contributed by atoms with van der Waals surface area (Å²) in [7, 11) is 0. The molecule has 1 aromatic carbocycles. The third-order valence-electron chi connectivity index (χ3n) is 2.94. The molecule has 2 rings (SSSR count). The van der Waals surface area contributed by atoms with Crippen LogP contribution in [0, 0.1) is 6.92 Å². The highest BCUT2D eigenvalue weighted by Crippen LogP contribution is 2.10. The first-order chi connectivity index (χ1) is 8.15. The molecule has 0 aliphatic carbocycles. The van der Waals surface area contributed by atoms with E-state index in [4.69, 9.17) is 0 Å². The molecular weight excluding hydrogens is 214 g/mol. The van der Waals surface area contributed by atoms with E-state index in [-0.39, 0.29) is 12.0 Å². The number of β-amino-alcohol motifs (C(OH)–C–C–N with tert-alkyl or cyclic N) is 1. The summed E-state index contributed by atoms with van der Waals surface area (Å²) < 4.78 is 0. The quantitative estimate of drug-likeness (QED) is 0.785. The Kier molecular flexibility index (Phi) is 3.59. The molecule has 1 N–H and O–H groups in total. The van der Waals surface area contributed by atoms with Gasteiger partial charge in [-0.05, 0) is 25.0 Å². The van der Waals surface area contributed by atoms with Crippen LogP contribution in [-0.2, 0) is 4.79 Å². The van der Waals surface area contributed by atoms with Gasteiger partial charge in [-0.3, -0.25) is 4.79 Å². The first-order valence-electron chi connectivity index (χ1n) is 5.87. The van der Waals surface area contributed by atoms with Crippen LogP contribution >= 0.6 is 0 Å². The van der Waals surface area contributed by atoms with Crippen LogP contribution < -0.4 is 0 Å². The minimum Gasteiger partial charge on any atom is -0.391 e. The molecule has 1 fully saturated rings. The third kappa shape index (κ3) is 3.17. The highest BCUT2D eigenvalue weighted by molar-refractivity contribution is 5.92. The number of hydrogen-bond acceptors (Lipinski definition) is 2. The molecular formula is C14H17NO2. The maximum absolute atomic E-state index is 11.8. The van der Waals surface area contributed by atoms with Crippen molar-refractivity contribution in [1.82, 2.24) is 4.90 Å². The topological polar surface area (TPSA) is 40.5 Å². The number of aliphatic hydroxyl groups excluding tert-OH is 1. The molecule has 1 aromatic rings. The smallest absolute Gasteiger partial charge is 0.246 e. The Hall–Kier alpha value is -1.61. The van der Waals surface area contributed by atoms with Crippen LogP contribution in [0.15, 0.2) is 30.3 Å². The molecule has 1 aliphatic rings. The second-order valence-electron chi connectivity index (χ2n) is 4.47. The minimum atomic E-state index is -0.355. The Balaban J connectivity index is 1.98. The van der Waals surface area contributed by atoms with Crippen molar-refractivity contribution >= 4 is 12.0 Å². The SMILES string of the molecule is Cc1cccc(/C=C/C(=O)N2CC[C@@H](O)C2)c1. The Morgan fingerprint density at radius 3 is 3.00 bits per heavy atom. The van der Waals surface area contributed by atoms with E-state index in [2.05, 4.69) is 0 Å². The molecule has 0 bridgehead atoms. The number of benzene rings is 1. The molecule has 1 saturated heterocycles. The molecule has 0 spiro atoms. The van der Waals surface area contributed by atoms with Gasteiger partial charge in [0.25, 0.3) is 0 Å². The standard InChI is InChI=1S/C14H17NO2/c1-11-3-2-4-12(9-11)5-6-14(17)15-8-7-13(16)10-15/h2-6,9,13,16H,7-8,10H2,1H3/b6-5+/t13-/m1/s1. The van der Waals surface area contributed by atoms with E-state index in [1.54, 1.807) is 11.0 Å². The second kappa shape index (κ2) is 5.15. The van der Waals surface area contributed by atoms with Crippen molar-refractivity contribution in [3.05, 3.63) is 41.5 Å². The van der Waals surface area contributed by atoms with Crippen LogP contribution in [0.1, 0.15) is 17.5 Å². The highest BCUT2D eigenvalue weighted by atomic mass is 16.3. The molecule has 1 atom stereocenters. The number of aryl methyl sites for hydroxylation is 1. The lowest BCUT2D eigenvalue weighted by atomic mass is 10.1. The van der Waals surface area contributed by atoms with Gasteiger partial charge in [0.05, 0.1) is 6.10 Å². The van der Waals surface area contributed by atoms with Gasteiger partial charge >= 0.3 is 0 Å². The van der Waals surface area contributed by atoms with Crippen molar-refractivity contribution in [1.29, 1.82) is 0 Å². The van der Waals surface area contributed by atoms with E-state index in [0.29, 0.717) is 19.5 Å². The Labute approximate surface area is 101 Å². The first-order valence-corrected chi connectivity index (χ1v) is 5.87. The molecule has 1 heterocycles. The van der Waals surface area contributed by atoms with Crippen LogP contribution in [-0.4, -0.2) is 35.1 Å². The number of amides is 1. The number of nitrogens with zero attached hydrogens (tertiary/aromatic N) is 1. The normalized spacial score (nSPS) is 20.1. The summed E-state index contributed by atoms with van der Waals surface area (Å²) in [5.41, 5.74) is 2.20. The van der Waals surface area contributed by atoms with Crippen LogP contribution in [0.4, 0.5) is 0 Å². The van der Waals surface area contributed by atoms with Gasteiger partial charge in [0.15, 0.2) is 0 Å². The van der Waals surface area contributed by atoms with E-state index in [1.165, 1.54) is 5.56 Å².